The Balaban J connectivity index is 2.31. The Morgan fingerprint density at radius 3 is 2.85 bits per heavy atom. The van der Waals surface area contributed by atoms with Crippen molar-refractivity contribution in [1.82, 2.24) is 24.5 Å². The number of rotatable bonds is 5. The smallest absolute Gasteiger partial charge is 0.293 e. The molecule has 0 aliphatic heterocycles. The normalized spacial score (nSPS) is 11.2. The highest BCUT2D eigenvalue weighted by Crippen LogP contribution is 2.08. The molecule has 0 aliphatic carbocycles. The highest BCUT2D eigenvalue weighted by atomic mass is 16.3. The van der Waals surface area contributed by atoms with Gasteiger partial charge in [-0.1, -0.05) is 0 Å². The summed E-state index contributed by atoms with van der Waals surface area (Å²) in [5.74, 6) is 0.316. The lowest BCUT2D eigenvalue weighted by atomic mass is 10.2. The van der Waals surface area contributed by atoms with Crippen molar-refractivity contribution in [2.45, 2.75) is 33.2 Å². The summed E-state index contributed by atoms with van der Waals surface area (Å²) in [6, 6.07) is 1.83. The molecule has 0 atom stereocenters. The van der Waals surface area contributed by atoms with E-state index in [1.807, 2.05) is 26.8 Å². The number of carbonyl (C=O) groups excluding carboxylic acids is 1. The predicted octanol–water partition coefficient (Wildman–Crippen LogP) is 0.666. The van der Waals surface area contributed by atoms with Crippen molar-refractivity contribution in [3.63, 3.8) is 0 Å². The Morgan fingerprint density at radius 2 is 2.25 bits per heavy atom. The molecule has 0 radical (unpaired) electrons. The molecular weight excluding hydrogens is 258 g/mol. The molecule has 0 aromatic carbocycles. The molecule has 108 valence electrons. The lowest BCUT2D eigenvalue weighted by Gasteiger charge is -2.25. The average molecular weight is 277 g/mol. The summed E-state index contributed by atoms with van der Waals surface area (Å²) in [5, 5.41) is 13.1. The number of fused-ring (bicyclic) bond motifs is 1. The van der Waals surface area contributed by atoms with Crippen molar-refractivity contribution in [1.29, 1.82) is 0 Å². The molecule has 0 saturated carbocycles. The number of hydrogen-bond acceptors (Lipinski definition) is 5. The summed E-state index contributed by atoms with van der Waals surface area (Å²) >= 11 is 0. The second-order valence-corrected chi connectivity index (χ2v) is 4.90. The number of aromatic nitrogens is 4. The highest BCUT2D eigenvalue weighted by Gasteiger charge is 2.23. The van der Waals surface area contributed by atoms with Crippen molar-refractivity contribution < 1.29 is 9.90 Å². The van der Waals surface area contributed by atoms with E-state index in [0.29, 0.717) is 18.7 Å². The third-order valence-corrected chi connectivity index (χ3v) is 3.06. The molecule has 1 N–H and O–H groups in total. The van der Waals surface area contributed by atoms with Crippen LogP contribution >= 0.6 is 0 Å². The van der Waals surface area contributed by atoms with Crippen LogP contribution in [-0.4, -0.2) is 54.7 Å². The number of carbonyl (C=O) groups is 1. The summed E-state index contributed by atoms with van der Waals surface area (Å²) < 4.78 is 1.55. The molecule has 0 saturated heterocycles. The monoisotopic (exact) mass is 277 g/mol. The van der Waals surface area contributed by atoms with E-state index in [4.69, 9.17) is 5.11 Å². The van der Waals surface area contributed by atoms with Crippen LogP contribution in [-0.2, 0) is 0 Å². The van der Waals surface area contributed by atoms with Gasteiger partial charge >= 0.3 is 0 Å². The van der Waals surface area contributed by atoms with Crippen LogP contribution in [0.2, 0.25) is 0 Å². The van der Waals surface area contributed by atoms with Gasteiger partial charge in [0, 0.05) is 31.1 Å². The van der Waals surface area contributed by atoms with E-state index in [9.17, 15) is 4.79 Å². The Morgan fingerprint density at radius 1 is 1.50 bits per heavy atom. The molecule has 0 bridgehead atoms. The standard InChI is InChI=1S/C13H19N5O2/c1-9(2)17(7-4-8-19)12(20)11-15-13-14-6-5-10(3)18(13)16-11/h5-6,9,19H,4,7-8H2,1-3H3. The van der Waals surface area contributed by atoms with Crippen LogP contribution in [0.25, 0.3) is 5.78 Å². The topological polar surface area (TPSA) is 83.6 Å². The summed E-state index contributed by atoms with van der Waals surface area (Å²) in [6.45, 7) is 6.26. The first-order valence-electron chi connectivity index (χ1n) is 6.64. The van der Waals surface area contributed by atoms with Crippen LogP contribution in [0.4, 0.5) is 0 Å². The maximum absolute atomic E-state index is 12.5. The molecule has 0 spiro atoms. The largest absolute Gasteiger partial charge is 0.396 e. The van der Waals surface area contributed by atoms with E-state index >= 15 is 0 Å². The van der Waals surface area contributed by atoms with Crippen molar-refractivity contribution in [3.8, 4) is 0 Å². The number of hydrogen-bond donors (Lipinski definition) is 1. The predicted molar refractivity (Wildman–Crippen MR) is 73.4 cm³/mol. The second kappa shape index (κ2) is 5.96. The van der Waals surface area contributed by atoms with E-state index in [-0.39, 0.29) is 24.4 Å². The minimum absolute atomic E-state index is 0.0229. The Bertz CT molecular complexity index is 608. The van der Waals surface area contributed by atoms with E-state index in [1.54, 1.807) is 15.6 Å². The van der Waals surface area contributed by atoms with Gasteiger partial charge in [0.2, 0.25) is 5.82 Å². The maximum Gasteiger partial charge on any atom is 0.293 e. The van der Waals surface area contributed by atoms with Crippen molar-refractivity contribution in [2.24, 2.45) is 0 Å². The fourth-order valence-corrected chi connectivity index (χ4v) is 1.96. The van der Waals surface area contributed by atoms with Crippen molar-refractivity contribution in [2.75, 3.05) is 13.2 Å². The summed E-state index contributed by atoms with van der Waals surface area (Å²) in [7, 11) is 0. The van der Waals surface area contributed by atoms with Gasteiger partial charge in [0.05, 0.1) is 0 Å². The number of aliphatic hydroxyl groups excluding tert-OH is 1. The average Bonchev–Trinajstić information content (AvgIpc) is 2.84. The van der Waals surface area contributed by atoms with E-state index < -0.39 is 0 Å². The van der Waals surface area contributed by atoms with E-state index in [2.05, 4.69) is 15.1 Å². The molecule has 20 heavy (non-hydrogen) atoms. The van der Waals surface area contributed by atoms with Crippen LogP contribution in [0, 0.1) is 6.92 Å². The lowest BCUT2D eigenvalue weighted by Crippen LogP contribution is -2.38. The molecule has 2 rings (SSSR count). The van der Waals surface area contributed by atoms with Gasteiger partial charge in [0.25, 0.3) is 11.7 Å². The fourth-order valence-electron chi connectivity index (χ4n) is 1.96. The molecule has 0 aliphatic rings. The second-order valence-electron chi connectivity index (χ2n) is 4.90. The summed E-state index contributed by atoms with van der Waals surface area (Å²) in [5.41, 5.74) is 0.869. The van der Waals surface area contributed by atoms with Crippen molar-refractivity contribution in [3.05, 3.63) is 23.8 Å². The molecule has 2 heterocycles. The minimum atomic E-state index is -0.238. The number of aliphatic hydroxyl groups is 1. The van der Waals surface area contributed by atoms with Gasteiger partial charge in [0.1, 0.15) is 0 Å². The zero-order valence-corrected chi connectivity index (χ0v) is 11.9. The van der Waals surface area contributed by atoms with Gasteiger partial charge in [-0.3, -0.25) is 4.79 Å². The number of nitrogens with zero attached hydrogens (tertiary/aromatic N) is 5. The quantitative estimate of drug-likeness (QED) is 0.868. The molecule has 2 aromatic heterocycles. The first-order valence-corrected chi connectivity index (χ1v) is 6.64. The molecule has 2 aromatic rings. The Hall–Kier alpha value is -2.02. The van der Waals surface area contributed by atoms with Gasteiger partial charge < -0.3 is 10.0 Å². The third-order valence-electron chi connectivity index (χ3n) is 3.06. The maximum atomic E-state index is 12.5. The molecule has 1 amide bonds. The van der Waals surface area contributed by atoms with Crippen LogP contribution in [0.15, 0.2) is 12.3 Å². The van der Waals surface area contributed by atoms with Crippen LogP contribution in [0.5, 0.6) is 0 Å². The van der Waals surface area contributed by atoms with Gasteiger partial charge in [-0.2, -0.15) is 4.98 Å². The van der Waals surface area contributed by atoms with E-state index in [1.165, 1.54) is 0 Å². The zero-order chi connectivity index (χ0) is 14.7. The molecular formula is C13H19N5O2. The molecule has 0 unspecified atom stereocenters. The summed E-state index contributed by atoms with van der Waals surface area (Å²) in [4.78, 5) is 22.4. The molecule has 7 nitrogen and oxygen atoms in total. The minimum Gasteiger partial charge on any atom is -0.396 e. The van der Waals surface area contributed by atoms with E-state index in [0.717, 1.165) is 5.69 Å². The van der Waals surface area contributed by atoms with Gasteiger partial charge in [0.15, 0.2) is 0 Å². The SMILES string of the molecule is Cc1ccnc2nc(C(=O)N(CCCO)C(C)C)nn12. The highest BCUT2D eigenvalue weighted by molar-refractivity contribution is 5.91. The number of aryl methyl sites for hydroxylation is 1. The van der Waals surface area contributed by atoms with Crippen molar-refractivity contribution >= 4 is 11.7 Å². The first kappa shape index (κ1) is 14.4. The van der Waals surface area contributed by atoms with Gasteiger partial charge in [-0.05, 0) is 33.3 Å². The third kappa shape index (κ3) is 2.77. The fraction of sp³-hybridized carbons (Fsp3) is 0.538. The Kier molecular flexibility index (Phi) is 4.29. The van der Waals surface area contributed by atoms with Crippen LogP contribution in [0.3, 0.4) is 0 Å². The van der Waals surface area contributed by atoms with Gasteiger partial charge in [-0.25, -0.2) is 9.50 Å². The zero-order valence-electron chi connectivity index (χ0n) is 11.9. The first-order chi connectivity index (χ1) is 9.54. The van der Waals surface area contributed by atoms with Gasteiger partial charge in [-0.15, -0.1) is 5.10 Å². The molecule has 7 heteroatoms. The Labute approximate surface area is 117 Å². The number of amides is 1. The molecule has 0 fully saturated rings. The lowest BCUT2D eigenvalue weighted by molar-refractivity contribution is 0.0681. The van der Waals surface area contributed by atoms with Crippen LogP contribution in [0.1, 0.15) is 36.6 Å². The summed E-state index contributed by atoms with van der Waals surface area (Å²) in [6.07, 6.45) is 2.17. The van der Waals surface area contributed by atoms with Crippen LogP contribution < -0.4 is 0 Å².